The molecule has 1 aromatic heterocycles. The SMILES string of the molecule is CC(CC#CC1CC1)(CC(F)(F)F)ONc1cnc2c(F)cccc2c1. The summed E-state index contributed by atoms with van der Waals surface area (Å²) in [6.07, 6.45) is -2.26. The van der Waals surface area contributed by atoms with Crippen molar-refractivity contribution in [3.63, 3.8) is 0 Å². The van der Waals surface area contributed by atoms with Crippen LogP contribution < -0.4 is 5.48 Å². The van der Waals surface area contributed by atoms with Gasteiger partial charge >= 0.3 is 6.18 Å². The first kappa shape index (κ1) is 18.5. The van der Waals surface area contributed by atoms with Gasteiger partial charge in [-0.2, -0.15) is 13.2 Å². The van der Waals surface area contributed by atoms with E-state index in [0.29, 0.717) is 17.0 Å². The molecule has 3 rings (SSSR count). The Morgan fingerprint density at radius 3 is 2.77 bits per heavy atom. The molecule has 1 N–H and O–H groups in total. The molecule has 138 valence electrons. The van der Waals surface area contributed by atoms with Gasteiger partial charge in [0.25, 0.3) is 0 Å². The molecule has 1 saturated carbocycles. The van der Waals surface area contributed by atoms with Crippen LogP contribution in [0.4, 0.5) is 23.2 Å². The molecule has 1 heterocycles. The third-order valence-corrected chi connectivity index (χ3v) is 4.00. The maximum atomic E-state index is 13.6. The normalized spacial score (nSPS) is 16.7. The number of pyridine rings is 1. The fourth-order valence-corrected chi connectivity index (χ4v) is 2.53. The maximum Gasteiger partial charge on any atom is 0.391 e. The number of aromatic nitrogens is 1. The quantitative estimate of drug-likeness (QED) is 0.447. The van der Waals surface area contributed by atoms with Crippen molar-refractivity contribution in [2.45, 2.75) is 44.4 Å². The van der Waals surface area contributed by atoms with Gasteiger partial charge < -0.3 is 0 Å². The zero-order valence-corrected chi connectivity index (χ0v) is 14.2. The summed E-state index contributed by atoms with van der Waals surface area (Å²) in [5, 5.41) is 0.518. The average Bonchev–Trinajstić information content (AvgIpc) is 3.36. The number of nitrogens with one attached hydrogen (secondary N) is 1. The molecule has 26 heavy (non-hydrogen) atoms. The highest BCUT2D eigenvalue weighted by molar-refractivity contribution is 5.81. The number of para-hydroxylation sites is 1. The van der Waals surface area contributed by atoms with E-state index in [1.807, 2.05) is 0 Å². The highest BCUT2D eigenvalue weighted by Crippen LogP contribution is 2.33. The van der Waals surface area contributed by atoms with E-state index in [1.54, 1.807) is 12.1 Å². The van der Waals surface area contributed by atoms with Crippen LogP contribution in [-0.4, -0.2) is 16.8 Å². The molecule has 7 heteroatoms. The molecule has 1 unspecified atom stereocenters. The predicted octanol–water partition coefficient (Wildman–Crippen LogP) is 5.23. The van der Waals surface area contributed by atoms with E-state index < -0.39 is 24.0 Å². The number of nitrogens with zero attached hydrogens (tertiary/aromatic N) is 1. The van der Waals surface area contributed by atoms with Crippen LogP contribution in [0.3, 0.4) is 0 Å². The number of halogens is 4. The third kappa shape index (κ3) is 5.09. The first-order chi connectivity index (χ1) is 12.2. The number of rotatable bonds is 5. The fourth-order valence-electron chi connectivity index (χ4n) is 2.53. The Bertz CT molecular complexity index is 852. The van der Waals surface area contributed by atoms with Crippen molar-refractivity contribution in [1.82, 2.24) is 4.98 Å². The van der Waals surface area contributed by atoms with Crippen LogP contribution in [0.25, 0.3) is 10.9 Å². The molecule has 1 aliphatic carbocycles. The molecule has 0 amide bonds. The standard InChI is InChI=1S/C19H18F4N2O/c1-18(12-19(21,22)23,9-3-4-13-7-8-13)26-25-15-10-14-5-2-6-16(20)17(14)24-11-15/h2,5-6,10-11,13,25H,7-9,12H2,1H3. The number of fused-ring (bicyclic) bond motifs is 1. The Balaban J connectivity index is 1.73. The van der Waals surface area contributed by atoms with Gasteiger partial charge in [0.1, 0.15) is 16.9 Å². The lowest BCUT2D eigenvalue weighted by Crippen LogP contribution is -2.36. The zero-order chi connectivity index (χ0) is 18.8. The summed E-state index contributed by atoms with van der Waals surface area (Å²) in [7, 11) is 0. The molecule has 0 radical (unpaired) electrons. The lowest BCUT2D eigenvalue weighted by molar-refractivity contribution is -0.177. The second-order valence-corrected chi connectivity index (χ2v) is 6.75. The number of hydrogen-bond donors (Lipinski definition) is 1. The Labute approximate surface area is 148 Å². The van der Waals surface area contributed by atoms with Gasteiger partial charge in [-0.05, 0) is 31.9 Å². The molecule has 1 atom stereocenters. The Hall–Kier alpha value is -2.33. The van der Waals surface area contributed by atoms with Gasteiger partial charge in [0.2, 0.25) is 0 Å². The predicted molar refractivity (Wildman–Crippen MR) is 90.6 cm³/mol. The van der Waals surface area contributed by atoms with Crippen LogP contribution in [0.15, 0.2) is 30.5 Å². The summed E-state index contributed by atoms with van der Waals surface area (Å²) in [6.45, 7) is 1.36. The second-order valence-electron chi connectivity index (χ2n) is 6.75. The highest BCUT2D eigenvalue weighted by atomic mass is 19.4. The summed E-state index contributed by atoms with van der Waals surface area (Å²) in [5.74, 6) is 5.59. The highest BCUT2D eigenvalue weighted by Gasteiger charge is 2.40. The van der Waals surface area contributed by atoms with E-state index in [0.717, 1.165) is 12.8 Å². The molecule has 0 saturated heterocycles. The van der Waals surface area contributed by atoms with Crippen molar-refractivity contribution in [3.8, 4) is 11.8 Å². The van der Waals surface area contributed by atoms with Crippen LogP contribution in [0.2, 0.25) is 0 Å². The van der Waals surface area contributed by atoms with E-state index in [2.05, 4.69) is 22.3 Å². The molecule has 1 aromatic carbocycles. The van der Waals surface area contributed by atoms with E-state index in [4.69, 9.17) is 4.84 Å². The number of anilines is 1. The summed E-state index contributed by atoms with van der Waals surface area (Å²) < 4.78 is 52.4. The molecule has 1 fully saturated rings. The van der Waals surface area contributed by atoms with Crippen molar-refractivity contribution in [2.75, 3.05) is 5.48 Å². The van der Waals surface area contributed by atoms with E-state index >= 15 is 0 Å². The summed E-state index contributed by atoms with van der Waals surface area (Å²) in [5.41, 5.74) is 1.50. The van der Waals surface area contributed by atoms with Crippen molar-refractivity contribution < 1.29 is 22.4 Å². The third-order valence-electron chi connectivity index (χ3n) is 4.00. The van der Waals surface area contributed by atoms with Gasteiger partial charge in [-0.15, -0.1) is 0 Å². The first-order valence-electron chi connectivity index (χ1n) is 8.28. The zero-order valence-electron chi connectivity index (χ0n) is 14.2. The van der Waals surface area contributed by atoms with Crippen molar-refractivity contribution in [2.24, 2.45) is 5.92 Å². The summed E-state index contributed by atoms with van der Waals surface area (Å²) >= 11 is 0. The van der Waals surface area contributed by atoms with Gasteiger partial charge in [0.05, 0.1) is 18.3 Å². The molecule has 1 aliphatic rings. The molecular weight excluding hydrogens is 348 g/mol. The van der Waals surface area contributed by atoms with Gasteiger partial charge in [-0.1, -0.05) is 24.0 Å². The van der Waals surface area contributed by atoms with Crippen LogP contribution in [0.1, 0.15) is 32.6 Å². The van der Waals surface area contributed by atoms with Crippen LogP contribution in [0, 0.1) is 23.6 Å². The van der Waals surface area contributed by atoms with Gasteiger partial charge in [0, 0.05) is 17.7 Å². The van der Waals surface area contributed by atoms with Crippen LogP contribution in [0.5, 0.6) is 0 Å². The largest absolute Gasteiger partial charge is 0.391 e. The summed E-state index contributed by atoms with van der Waals surface area (Å²) in [4.78, 5) is 9.35. The smallest absolute Gasteiger partial charge is 0.268 e. The Morgan fingerprint density at radius 2 is 2.08 bits per heavy atom. The lowest BCUT2D eigenvalue weighted by atomic mass is 9.98. The minimum Gasteiger partial charge on any atom is -0.268 e. The Kier molecular flexibility index (Phi) is 5.05. The van der Waals surface area contributed by atoms with Crippen molar-refractivity contribution in [1.29, 1.82) is 0 Å². The van der Waals surface area contributed by atoms with Gasteiger partial charge in [-0.3, -0.25) is 15.3 Å². The number of benzene rings is 1. The Morgan fingerprint density at radius 1 is 1.31 bits per heavy atom. The van der Waals surface area contributed by atoms with Crippen molar-refractivity contribution >= 4 is 16.6 Å². The monoisotopic (exact) mass is 366 g/mol. The van der Waals surface area contributed by atoms with E-state index in [-0.39, 0.29) is 11.9 Å². The maximum absolute atomic E-state index is 13.6. The molecule has 3 nitrogen and oxygen atoms in total. The first-order valence-corrected chi connectivity index (χ1v) is 8.28. The number of hydrogen-bond acceptors (Lipinski definition) is 3. The topological polar surface area (TPSA) is 34.1 Å². The molecule has 0 spiro atoms. The minimum atomic E-state index is -4.39. The summed E-state index contributed by atoms with van der Waals surface area (Å²) in [6, 6.07) is 6.05. The molecule has 0 bridgehead atoms. The lowest BCUT2D eigenvalue weighted by Gasteiger charge is -2.28. The minimum absolute atomic E-state index is 0.0500. The van der Waals surface area contributed by atoms with Gasteiger partial charge in [-0.25, -0.2) is 4.39 Å². The number of alkyl halides is 3. The molecule has 2 aromatic rings. The second kappa shape index (κ2) is 7.12. The molecular formula is C19H18F4N2O. The van der Waals surface area contributed by atoms with Crippen LogP contribution in [-0.2, 0) is 4.84 Å². The van der Waals surface area contributed by atoms with Crippen LogP contribution >= 0.6 is 0 Å². The van der Waals surface area contributed by atoms with E-state index in [1.165, 1.54) is 25.3 Å². The average molecular weight is 366 g/mol. The van der Waals surface area contributed by atoms with Gasteiger partial charge in [0.15, 0.2) is 0 Å². The van der Waals surface area contributed by atoms with Crippen molar-refractivity contribution in [3.05, 3.63) is 36.3 Å². The van der Waals surface area contributed by atoms with E-state index in [9.17, 15) is 17.6 Å². The molecule has 0 aliphatic heterocycles. The fraction of sp³-hybridized carbons (Fsp3) is 0.421.